The van der Waals surface area contributed by atoms with Crippen molar-refractivity contribution in [2.75, 3.05) is 18.6 Å². The number of carbonyl (C=O) groups excluding carboxylic acids is 1. The number of hydrogen-bond donors (Lipinski definition) is 2. The Balaban J connectivity index is 2.52. The molecule has 3 rings (SSSR count). The van der Waals surface area contributed by atoms with Crippen molar-refractivity contribution in [3.63, 3.8) is 0 Å². The number of aromatic nitrogens is 2. The Hall–Kier alpha value is -3.56. The number of alkyl halides is 3. The minimum absolute atomic E-state index is 0.0745. The van der Waals surface area contributed by atoms with E-state index in [-0.39, 0.29) is 28.0 Å². The van der Waals surface area contributed by atoms with Gasteiger partial charge in [0, 0.05) is 11.6 Å². The monoisotopic (exact) mass is 378 g/mol. The number of esters is 1. The van der Waals surface area contributed by atoms with Crippen LogP contribution in [0.5, 0.6) is 0 Å². The molecule has 0 amide bonds. The third-order valence-corrected chi connectivity index (χ3v) is 3.94. The molecule has 0 aliphatic rings. The smallest absolute Gasteiger partial charge is 0.416 e. The lowest BCUT2D eigenvalue weighted by Crippen LogP contribution is -2.28. The highest BCUT2D eigenvalue weighted by Gasteiger charge is 2.32. The standard InChI is InChI=1S/C17H13F3N4O3/c1-27-16(26)13-14(22)11-3-2-8(17(18,19)20)4-12(11)24(15(13)25)10-5-9(21)6-23-7-10/h2-7H,21-22H2,1H3. The van der Waals surface area contributed by atoms with Gasteiger partial charge in [0.2, 0.25) is 0 Å². The molecule has 0 unspecified atom stereocenters. The number of pyridine rings is 2. The number of halogens is 3. The minimum Gasteiger partial charge on any atom is -0.465 e. The predicted octanol–water partition coefficient (Wildman–Crippen LogP) is 2.36. The molecule has 2 aromatic heterocycles. The molecular weight excluding hydrogens is 365 g/mol. The summed E-state index contributed by atoms with van der Waals surface area (Å²) in [5, 5.41) is 0.0745. The highest BCUT2D eigenvalue weighted by atomic mass is 19.4. The van der Waals surface area contributed by atoms with Gasteiger partial charge < -0.3 is 16.2 Å². The fraction of sp³-hybridized carbons (Fsp3) is 0.118. The molecule has 0 aliphatic heterocycles. The molecule has 0 spiro atoms. The van der Waals surface area contributed by atoms with E-state index in [2.05, 4.69) is 9.72 Å². The van der Waals surface area contributed by atoms with E-state index in [1.165, 1.54) is 18.5 Å². The van der Waals surface area contributed by atoms with Gasteiger partial charge in [0.25, 0.3) is 5.56 Å². The fourth-order valence-corrected chi connectivity index (χ4v) is 2.71. The lowest BCUT2D eigenvalue weighted by molar-refractivity contribution is -0.137. The van der Waals surface area contributed by atoms with Crippen LogP contribution in [0.4, 0.5) is 24.5 Å². The van der Waals surface area contributed by atoms with Gasteiger partial charge in [-0.15, -0.1) is 0 Å². The number of fused-ring (bicyclic) bond motifs is 1. The maximum Gasteiger partial charge on any atom is 0.416 e. The quantitative estimate of drug-likeness (QED) is 0.662. The van der Waals surface area contributed by atoms with E-state index in [1.54, 1.807) is 0 Å². The van der Waals surface area contributed by atoms with E-state index < -0.39 is 28.8 Å². The molecule has 10 heteroatoms. The molecule has 7 nitrogen and oxygen atoms in total. The van der Waals surface area contributed by atoms with Crippen molar-refractivity contribution < 1.29 is 22.7 Å². The number of hydrogen-bond acceptors (Lipinski definition) is 6. The number of methoxy groups -OCH3 is 1. The minimum atomic E-state index is -4.64. The normalized spacial score (nSPS) is 11.6. The predicted molar refractivity (Wildman–Crippen MR) is 92.5 cm³/mol. The first-order valence-corrected chi connectivity index (χ1v) is 7.49. The molecule has 0 atom stereocenters. The largest absolute Gasteiger partial charge is 0.465 e. The molecule has 3 aromatic rings. The molecular formula is C17H13F3N4O3. The Morgan fingerprint density at radius 1 is 1.19 bits per heavy atom. The van der Waals surface area contributed by atoms with Gasteiger partial charge >= 0.3 is 12.1 Å². The van der Waals surface area contributed by atoms with Gasteiger partial charge in [-0.1, -0.05) is 6.07 Å². The number of benzene rings is 1. The molecule has 27 heavy (non-hydrogen) atoms. The SMILES string of the molecule is COC(=O)c1c(N)c2ccc(C(F)(F)F)cc2n(-c2cncc(N)c2)c1=O. The van der Waals surface area contributed by atoms with Crippen molar-refractivity contribution in [3.8, 4) is 5.69 Å². The van der Waals surface area contributed by atoms with Gasteiger partial charge in [0.05, 0.1) is 41.4 Å². The van der Waals surface area contributed by atoms with Gasteiger partial charge in [-0.2, -0.15) is 13.2 Å². The second kappa shape index (κ2) is 6.31. The summed E-state index contributed by atoms with van der Waals surface area (Å²) in [6.45, 7) is 0. The van der Waals surface area contributed by atoms with E-state index in [9.17, 15) is 22.8 Å². The second-order valence-corrected chi connectivity index (χ2v) is 5.63. The van der Waals surface area contributed by atoms with Gasteiger partial charge in [-0.05, 0) is 18.2 Å². The Bertz CT molecular complexity index is 1120. The van der Waals surface area contributed by atoms with Crippen LogP contribution in [0.2, 0.25) is 0 Å². The summed E-state index contributed by atoms with van der Waals surface area (Å²) >= 11 is 0. The molecule has 0 fully saturated rings. The topological polar surface area (TPSA) is 113 Å². The van der Waals surface area contributed by atoms with Gasteiger partial charge in [0.1, 0.15) is 5.56 Å². The van der Waals surface area contributed by atoms with E-state index in [1.807, 2.05) is 0 Å². The summed E-state index contributed by atoms with van der Waals surface area (Å²) in [5.41, 5.74) is 8.98. The average molecular weight is 378 g/mol. The third-order valence-electron chi connectivity index (χ3n) is 3.94. The molecule has 0 radical (unpaired) electrons. The Morgan fingerprint density at radius 2 is 1.89 bits per heavy atom. The summed E-state index contributed by atoms with van der Waals surface area (Å²) in [7, 11) is 1.06. The van der Waals surface area contributed by atoms with E-state index >= 15 is 0 Å². The molecule has 0 aliphatic carbocycles. The summed E-state index contributed by atoms with van der Waals surface area (Å²) in [4.78, 5) is 28.8. The highest BCUT2D eigenvalue weighted by molar-refractivity contribution is 6.04. The van der Waals surface area contributed by atoms with Crippen LogP contribution in [0.3, 0.4) is 0 Å². The Morgan fingerprint density at radius 3 is 2.48 bits per heavy atom. The van der Waals surface area contributed by atoms with Crippen molar-refractivity contribution in [2.45, 2.75) is 6.18 Å². The van der Waals surface area contributed by atoms with Crippen molar-refractivity contribution in [3.05, 3.63) is 58.1 Å². The number of nitrogens with two attached hydrogens (primary N) is 2. The summed E-state index contributed by atoms with van der Waals surface area (Å²) < 4.78 is 44.9. The van der Waals surface area contributed by atoms with Gasteiger partial charge in [0.15, 0.2) is 0 Å². The number of nitrogens with zero attached hydrogens (tertiary/aromatic N) is 2. The second-order valence-electron chi connectivity index (χ2n) is 5.63. The highest BCUT2D eigenvalue weighted by Crippen LogP contribution is 2.33. The number of ether oxygens (including phenoxy) is 1. The molecule has 0 saturated carbocycles. The van der Waals surface area contributed by atoms with Crippen LogP contribution < -0.4 is 17.0 Å². The van der Waals surface area contributed by atoms with Crippen LogP contribution in [0, 0.1) is 0 Å². The number of rotatable bonds is 2. The van der Waals surface area contributed by atoms with Crippen molar-refractivity contribution in [2.24, 2.45) is 0 Å². The van der Waals surface area contributed by atoms with Crippen LogP contribution in [-0.4, -0.2) is 22.6 Å². The molecule has 140 valence electrons. The molecule has 0 saturated heterocycles. The summed E-state index contributed by atoms with van der Waals surface area (Å²) in [6, 6.07) is 4.02. The zero-order chi connectivity index (χ0) is 19.9. The lowest BCUT2D eigenvalue weighted by Gasteiger charge is -2.16. The number of anilines is 2. The molecule has 1 aromatic carbocycles. The van der Waals surface area contributed by atoms with Crippen LogP contribution >= 0.6 is 0 Å². The Labute approximate surface area is 150 Å². The van der Waals surface area contributed by atoms with Crippen LogP contribution in [0.25, 0.3) is 16.6 Å². The van der Waals surface area contributed by atoms with Crippen molar-refractivity contribution >= 4 is 28.2 Å². The number of carbonyl (C=O) groups is 1. The van der Waals surface area contributed by atoms with Crippen molar-refractivity contribution in [1.29, 1.82) is 0 Å². The first kappa shape index (κ1) is 18.2. The maximum absolute atomic E-state index is 13.2. The first-order chi connectivity index (χ1) is 12.6. The average Bonchev–Trinajstić information content (AvgIpc) is 2.60. The fourth-order valence-electron chi connectivity index (χ4n) is 2.71. The lowest BCUT2D eigenvalue weighted by atomic mass is 10.1. The van der Waals surface area contributed by atoms with E-state index in [0.717, 1.165) is 29.9 Å². The Kier molecular flexibility index (Phi) is 4.26. The van der Waals surface area contributed by atoms with Crippen LogP contribution in [-0.2, 0) is 10.9 Å². The summed E-state index contributed by atoms with van der Waals surface area (Å²) in [6.07, 6.45) is -2.11. The van der Waals surface area contributed by atoms with Gasteiger partial charge in [-0.3, -0.25) is 14.3 Å². The maximum atomic E-state index is 13.2. The van der Waals surface area contributed by atoms with E-state index in [4.69, 9.17) is 11.5 Å². The number of nitrogen functional groups attached to an aromatic ring is 2. The molecule has 0 bridgehead atoms. The van der Waals surface area contributed by atoms with Crippen LogP contribution in [0.15, 0.2) is 41.5 Å². The third kappa shape index (κ3) is 3.05. The molecule has 4 N–H and O–H groups in total. The zero-order valence-electron chi connectivity index (χ0n) is 13.9. The summed E-state index contributed by atoms with van der Waals surface area (Å²) in [5.74, 6) is -1.01. The zero-order valence-corrected chi connectivity index (χ0v) is 13.9. The van der Waals surface area contributed by atoms with Gasteiger partial charge in [-0.25, -0.2) is 4.79 Å². The first-order valence-electron chi connectivity index (χ1n) is 7.49. The molecule has 2 heterocycles. The van der Waals surface area contributed by atoms with E-state index in [0.29, 0.717) is 0 Å². The van der Waals surface area contributed by atoms with Crippen molar-refractivity contribution in [1.82, 2.24) is 9.55 Å². The van der Waals surface area contributed by atoms with Crippen LogP contribution in [0.1, 0.15) is 15.9 Å².